The lowest BCUT2D eigenvalue weighted by molar-refractivity contribution is 0.0898. The monoisotopic (exact) mass is 1520 g/mol. The molecule has 9 aromatic rings. The van der Waals surface area contributed by atoms with Gasteiger partial charge in [-0.2, -0.15) is 15.8 Å². The minimum absolute atomic E-state index is 0. The van der Waals surface area contributed by atoms with Gasteiger partial charge in [0, 0.05) is 158 Å². The number of nitriles is 3. The number of halogens is 1. The molecule has 1 aliphatic carbocycles. The molecule has 568 valence electrons. The summed E-state index contributed by atoms with van der Waals surface area (Å²) in [6, 6.07) is 27.0. The van der Waals surface area contributed by atoms with E-state index in [0.717, 1.165) is 178 Å². The molecular weight excluding hydrogens is 1410 g/mol. The highest BCUT2D eigenvalue weighted by atomic mass is 35.5. The van der Waals surface area contributed by atoms with Crippen molar-refractivity contribution in [2.75, 3.05) is 110 Å². The molecule has 6 fully saturated rings. The van der Waals surface area contributed by atoms with Crippen molar-refractivity contribution in [2.24, 2.45) is 34.0 Å². The van der Waals surface area contributed by atoms with Crippen LogP contribution >= 0.6 is 11.6 Å². The number of hydrogen-bond acceptors (Lipinski definition) is 20. The molecule has 1 saturated carbocycles. The average Bonchev–Trinajstić information content (AvgIpc) is 1.63. The standard InChI is InChI=1S/2C26H35N7OSi.C21H34N4OSi.C6H3ClN2.CH4/c2*1-26-16-31(9-7-21(26)15-33(17-26)23-6-5-20(13-27)14-28-23)24-22-8-10-32(25(22)30-18-29-24)19-34-11-12-35(2,3)4;1-21-9-5-6-17(21)7-10-24(14-21)19-18-8-11-25(20(18)23-15-22-19)16-26-12-13-27(2,3)4;7-6-2-1-5(3-8)4-9-6;/h2*5-6,8,10,14,18,21H,7,9,11-12,15-17,19H2,1-4H3;8,11,15,17H,5-7,9-10,12-14,16H2,1-4H3;1-2,4H;1H4/t2*21-,26+;17-,21+;;/m100../s1. The van der Waals surface area contributed by atoms with Crippen molar-refractivity contribution in [3.8, 4) is 18.2 Å². The minimum Gasteiger partial charge on any atom is -0.361 e. The third-order valence-corrected chi connectivity index (χ3v) is 27.9. The number of pyridine rings is 3. The number of hydrogen-bond donors (Lipinski definition) is 0. The Morgan fingerprint density at radius 1 is 0.430 bits per heavy atom. The first-order valence-electron chi connectivity index (χ1n) is 37.8. The van der Waals surface area contributed by atoms with Gasteiger partial charge in [0.05, 0.1) is 32.8 Å². The van der Waals surface area contributed by atoms with E-state index in [0.29, 0.717) is 59.3 Å². The number of aromatic nitrogens is 12. The van der Waals surface area contributed by atoms with Gasteiger partial charge in [0.2, 0.25) is 0 Å². The van der Waals surface area contributed by atoms with Crippen LogP contribution in [0.25, 0.3) is 33.1 Å². The zero-order valence-electron chi connectivity index (χ0n) is 64.3. The second-order valence-corrected chi connectivity index (χ2v) is 51.8. The summed E-state index contributed by atoms with van der Waals surface area (Å²) in [6.07, 6.45) is 23.8. The van der Waals surface area contributed by atoms with Gasteiger partial charge in [0.15, 0.2) is 0 Å². The third kappa shape index (κ3) is 19.6. The van der Waals surface area contributed by atoms with E-state index in [1.54, 1.807) is 43.5 Å². The van der Waals surface area contributed by atoms with Gasteiger partial charge in [-0.05, 0) is 128 Å². The van der Waals surface area contributed by atoms with Crippen LogP contribution in [0.3, 0.4) is 0 Å². The van der Waals surface area contributed by atoms with Crippen LogP contribution in [0.1, 0.15) is 83.4 Å². The Kier molecular flexibility index (Phi) is 25.3. The lowest BCUT2D eigenvalue weighted by atomic mass is 9.75. The first-order chi connectivity index (χ1) is 50.7. The van der Waals surface area contributed by atoms with Crippen molar-refractivity contribution in [3.63, 3.8) is 0 Å². The summed E-state index contributed by atoms with van der Waals surface area (Å²) in [5.41, 5.74) is 5.34. The average molecular weight is 1520 g/mol. The van der Waals surface area contributed by atoms with Crippen LogP contribution in [0.4, 0.5) is 29.1 Å². The molecular formula is C80H111ClN20O3Si3. The Morgan fingerprint density at radius 2 is 0.776 bits per heavy atom. The Morgan fingerprint density at radius 3 is 1.11 bits per heavy atom. The maximum atomic E-state index is 9.07. The number of rotatable bonds is 20. The molecule has 0 bridgehead atoms. The number of anilines is 5. The molecule has 6 aliphatic rings. The molecule has 0 aromatic carbocycles. The smallest absolute Gasteiger partial charge is 0.147 e. The highest BCUT2D eigenvalue weighted by molar-refractivity contribution is 6.76. The van der Waals surface area contributed by atoms with Crippen LogP contribution in [0.15, 0.2) is 111 Å². The summed E-state index contributed by atoms with van der Waals surface area (Å²) in [5, 5.41) is 30.2. The maximum absolute atomic E-state index is 9.07. The lowest BCUT2D eigenvalue weighted by Gasteiger charge is -2.43. The van der Waals surface area contributed by atoms with Gasteiger partial charge in [-0.1, -0.05) is 105 Å². The predicted molar refractivity (Wildman–Crippen MR) is 437 cm³/mol. The van der Waals surface area contributed by atoms with Crippen molar-refractivity contribution in [1.29, 1.82) is 15.8 Å². The van der Waals surface area contributed by atoms with Gasteiger partial charge < -0.3 is 52.4 Å². The van der Waals surface area contributed by atoms with Crippen LogP contribution in [0.2, 0.25) is 82.2 Å². The van der Waals surface area contributed by atoms with E-state index in [2.05, 4.69) is 202 Å². The highest BCUT2D eigenvalue weighted by Gasteiger charge is 2.49. The summed E-state index contributed by atoms with van der Waals surface area (Å²) in [6.45, 7) is 42.7. The van der Waals surface area contributed by atoms with Gasteiger partial charge in [0.25, 0.3) is 0 Å². The largest absolute Gasteiger partial charge is 0.361 e. The first-order valence-corrected chi connectivity index (χ1v) is 49.3. The zero-order valence-corrected chi connectivity index (χ0v) is 68.1. The van der Waals surface area contributed by atoms with E-state index in [4.69, 9.17) is 51.6 Å². The van der Waals surface area contributed by atoms with Crippen molar-refractivity contribution < 1.29 is 14.2 Å². The van der Waals surface area contributed by atoms with Crippen LogP contribution in [-0.2, 0) is 34.4 Å². The van der Waals surface area contributed by atoms with Crippen molar-refractivity contribution >= 4 is 98.0 Å². The van der Waals surface area contributed by atoms with Crippen LogP contribution < -0.4 is 24.5 Å². The molecule has 0 amide bonds. The lowest BCUT2D eigenvalue weighted by Crippen LogP contribution is -2.47. The second kappa shape index (κ2) is 34.0. The molecule has 107 heavy (non-hydrogen) atoms. The molecule has 0 radical (unpaired) electrons. The molecule has 14 heterocycles. The van der Waals surface area contributed by atoms with Crippen LogP contribution in [0, 0.1) is 68.0 Å². The summed E-state index contributed by atoms with van der Waals surface area (Å²) >= 11 is 5.45. The van der Waals surface area contributed by atoms with E-state index in [9.17, 15) is 0 Å². The Balaban J connectivity index is 0.000000151. The van der Waals surface area contributed by atoms with Crippen molar-refractivity contribution in [1.82, 2.24) is 58.6 Å². The number of ether oxygens (including phenoxy) is 3. The zero-order chi connectivity index (χ0) is 75.0. The normalized spacial score (nSPS) is 21.9. The second-order valence-electron chi connectivity index (χ2n) is 34.6. The van der Waals surface area contributed by atoms with E-state index in [-0.39, 0.29) is 18.3 Å². The SMILES string of the molecule is C.C[C@@]12CN(c3ccc(C#N)cn3)C[C@@H]1CCN(c1ncnc3c1ccn3COCC[Si](C)(C)C)C2.C[C@]12CCC[C@H]1CCN(c1ncnc3c1ccn3COCC[Si](C)(C)C)C2.C[C@]12CN(c3ccc(C#N)cn3)C[C@H]1CCN(c1ncnc3c1ccn3COCC[Si](C)(C)C)C2.N#Cc1ccc(Cl)nc1. The number of fused-ring (bicyclic) bond motifs is 6. The third-order valence-electron chi connectivity index (χ3n) is 22.6. The molecule has 9 aromatic heterocycles. The molecule has 27 heteroatoms. The predicted octanol–water partition coefficient (Wildman–Crippen LogP) is 15.7. The fourth-order valence-corrected chi connectivity index (χ4v) is 18.6. The number of nitrogens with zero attached hydrogens (tertiary/aromatic N) is 20. The van der Waals surface area contributed by atoms with E-state index in [1.165, 1.54) is 37.9 Å². The van der Waals surface area contributed by atoms with Gasteiger partial charge in [-0.3, -0.25) is 0 Å². The Hall–Kier alpha value is -8.40. The maximum Gasteiger partial charge on any atom is 0.147 e. The Bertz CT molecular complexity index is 4380. The molecule has 5 saturated heterocycles. The van der Waals surface area contributed by atoms with Gasteiger partial charge >= 0.3 is 0 Å². The van der Waals surface area contributed by atoms with E-state index in [1.807, 2.05) is 30.3 Å². The summed E-state index contributed by atoms with van der Waals surface area (Å²) in [4.78, 5) is 52.8. The fourth-order valence-electron chi connectivity index (χ4n) is 16.2. The van der Waals surface area contributed by atoms with Gasteiger partial charge in [-0.15, -0.1) is 0 Å². The molecule has 23 nitrogen and oxygen atoms in total. The summed E-state index contributed by atoms with van der Waals surface area (Å²) in [5.74, 6) is 7.18. The minimum atomic E-state index is -1.10. The molecule has 0 N–H and O–H groups in total. The van der Waals surface area contributed by atoms with Gasteiger partial charge in [0.1, 0.15) is 109 Å². The van der Waals surface area contributed by atoms with Crippen LogP contribution in [-0.4, -0.2) is 168 Å². The van der Waals surface area contributed by atoms with Crippen molar-refractivity contribution in [3.05, 3.63) is 133 Å². The highest BCUT2D eigenvalue weighted by Crippen LogP contribution is 2.50. The topological polar surface area (TPSA) is 246 Å². The summed E-state index contributed by atoms with van der Waals surface area (Å²) in [7, 11) is -3.25. The van der Waals surface area contributed by atoms with Crippen molar-refractivity contribution in [2.45, 2.75) is 164 Å². The van der Waals surface area contributed by atoms with Gasteiger partial charge in [-0.25, -0.2) is 44.9 Å². The number of piperidine rings is 3. The molecule has 0 unspecified atom stereocenters. The Labute approximate surface area is 641 Å². The molecule has 0 spiro atoms. The fraction of sp³-hybridized carbons (Fsp3) is 0.550. The summed E-state index contributed by atoms with van der Waals surface area (Å²) < 4.78 is 24.2. The van der Waals surface area contributed by atoms with E-state index >= 15 is 0 Å². The molecule has 5 aliphatic heterocycles. The molecule has 15 rings (SSSR count). The first kappa shape index (κ1) is 79.6. The van der Waals surface area contributed by atoms with Crippen LogP contribution in [0.5, 0.6) is 0 Å². The van der Waals surface area contributed by atoms with E-state index < -0.39 is 24.2 Å². The molecule has 6 atom stereocenters. The quantitative estimate of drug-likeness (QED) is 0.0391.